The summed E-state index contributed by atoms with van der Waals surface area (Å²) in [6.07, 6.45) is -1.59. The van der Waals surface area contributed by atoms with Crippen molar-refractivity contribution in [2.24, 2.45) is 0 Å². The molecule has 2 aromatic carbocycles. The Morgan fingerprint density at radius 3 is 2.06 bits per heavy atom. The van der Waals surface area contributed by atoms with Gasteiger partial charge in [-0.2, -0.15) is 0 Å². The van der Waals surface area contributed by atoms with Gasteiger partial charge in [-0.15, -0.1) is 5.48 Å². The summed E-state index contributed by atoms with van der Waals surface area (Å²) in [6.45, 7) is -0.639. The number of hydrogen-bond donors (Lipinski definition) is 4. The third-order valence-corrected chi connectivity index (χ3v) is 4.96. The van der Waals surface area contributed by atoms with Crippen LogP contribution in [0.1, 0.15) is 29.9 Å². The van der Waals surface area contributed by atoms with Gasteiger partial charge < -0.3 is 25.1 Å². The molecule has 1 aliphatic rings. The molecule has 0 saturated heterocycles. The maximum Gasteiger partial charge on any atom is 0.407 e. The summed E-state index contributed by atoms with van der Waals surface area (Å²) in [6, 6.07) is 14.3. The van der Waals surface area contributed by atoms with E-state index in [2.05, 4.69) is 10.2 Å². The van der Waals surface area contributed by atoms with Gasteiger partial charge in [-0.05, 0) is 28.7 Å². The molecular formula is C22H22N2O8. The molecule has 0 heterocycles. The molecule has 0 aromatic heterocycles. The Bertz CT molecular complexity index is 977. The van der Waals surface area contributed by atoms with E-state index in [1.165, 1.54) is 0 Å². The summed E-state index contributed by atoms with van der Waals surface area (Å²) >= 11 is 0. The van der Waals surface area contributed by atoms with Crippen LogP contribution in [0.5, 0.6) is 0 Å². The maximum atomic E-state index is 12.4. The number of carboxylic acids is 2. The average molecular weight is 442 g/mol. The first-order valence-electron chi connectivity index (χ1n) is 9.85. The zero-order valence-corrected chi connectivity index (χ0v) is 16.9. The summed E-state index contributed by atoms with van der Waals surface area (Å²) in [5, 5.41) is 19.7. The van der Waals surface area contributed by atoms with Crippen molar-refractivity contribution in [1.82, 2.24) is 10.8 Å². The van der Waals surface area contributed by atoms with Crippen LogP contribution in [-0.2, 0) is 24.0 Å². The molecule has 0 unspecified atom stereocenters. The number of alkyl carbamates (subject to hydrolysis) is 1. The topological polar surface area (TPSA) is 151 Å². The van der Waals surface area contributed by atoms with Crippen LogP contribution in [0.4, 0.5) is 4.79 Å². The average Bonchev–Trinajstić information content (AvgIpc) is 3.08. The van der Waals surface area contributed by atoms with Gasteiger partial charge in [-0.25, -0.2) is 9.59 Å². The molecule has 0 radical (unpaired) electrons. The zero-order valence-electron chi connectivity index (χ0n) is 16.9. The Morgan fingerprint density at radius 2 is 1.50 bits per heavy atom. The Balaban J connectivity index is 1.63. The number of carbonyl (C=O) groups is 4. The lowest BCUT2D eigenvalue weighted by molar-refractivity contribution is -0.156. The molecule has 10 nitrogen and oxygen atoms in total. The highest BCUT2D eigenvalue weighted by Gasteiger charge is 2.30. The van der Waals surface area contributed by atoms with Gasteiger partial charge in [0.15, 0.2) is 0 Å². The predicted molar refractivity (Wildman–Crippen MR) is 111 cm³/mol. The van der Waals surface area contributed by atoms with Crippen LogP contribution in [0.3, 0.4) is 0 Å². The van der Waals surface area contributed by atoms with Crippen LogP contribution in [0.15, 0.2) is 48.5 Å². The number of ether oxygens (including phenoxy) is 1. The van der Waals surface area contributed by atoms with Crippen molar-refractivity contribution in [3.63, 3.8) is 0 Å². The van der Waals surface area contributed by atoms with Crippen LogP contribution in [0.2, 0.25) is 0 Å². The maximum absolute atomic E-state index is 12.4. The quantitative estimate of drug-likeness (QED) is 0.404. The minimum Gasteiger partial charge on any atom is -0.481 e. The van der Waals surface area contributed by atoms with Crippen molar-refractivity contribution in [2.45, 2.75) is 24.8 Å². The molecule has 0 bridgehead atoms. The van der Waals surface area contributed by atoms with E-state index in [1.807, 2.05) is 54.0 Å². The first kappa shape index (κ1) is 22.8. The zero-order chi connectivity index (χ0) is 23.1. The van der Waals surface area contributed by atoms with Crippen LogP contribution < -0.4 is 10.8 Å². The van der Waals surface area contributed by atoms with E-state index < -0.39 is 43.0 Å². The van der Waals surface area contributed by atoms with E-state index in [-0.39, 0.29) is 18.9 Å². The monoisotopic (exact) mass is 442 g/mol. The summed E-state index contributed by atoms with van der Waals surface area (Å²) in [5.41, 5.74) is 6.09. The first-order valence-corrected chi connectivity index (χ1v) is 9.85. The normalized spacial score (nSPS) is 12.9. The number of nitrogens with one attached hydrogen (secondary N) is 2. The summed E-state index contributed by atoms with van der Waals surface area (Å²) in [5.74, 6) is -3.64. The fourth-order valence-electron chi connectivity index (χ4n) is 3.54. The molecule has 0 saturated carbocycles. The molecule has 1 amide bonds. The SMILES string of the molecule is O=C(O)CC[C@H](NC(=O)OCC1c2ccccc2-c2ccccc21)C(=O)ONCC(=O)O. The van der Waals surface area contributed by atoms with Gasteiger partial charge in [-0.1, -0.05) is 48.5 Å². The number of carboxylic acid groups (broad SMARTS) is 2. The van der Waals surface area contributed by atoms with Gasteiger partial charge in [0.1, 0.15) is 19.2 Å². The van der Waals surface area contributed by atoms with Gasteiger partial charge in [0, 0.05) is 12.3 Å². The number of hydroxylamine groups is 1. The highest BCUT2D eigenvalue weighted by molar-refractivity contribution is 5.82. The number of benzene rings is 2. The molecular weight excluding hydrogens is 420 g/mol. The number of rotatable bonds is 10. The Hall–Kier alpha value is -3.92. The number of carbonyl (C=O) groups excluding carboxylic acids is 2. The van der Waals surface area contributed by atoms with Crippen molar-refractivity contribution >= 4 is 24.0 Å². The Labute approximate surface area is 183 Å². The number of amides is 1. The van der Waals surface area contributed by atoms with Crippen LogP contribution in [-0.4, -0.2) is 53.4 Å². The van der Waals surface area contributed by atoms with E-state index in [0.717, 1.165) is 22.3 Å². The van der Waals surface area contributed by atoms with Gasteiger partial charge in [0.25, 0.3) is 0 Å². The van der Waals surface area contributed by atoms with Crippen molar-refractivity contribution in [2.75, 3.05) is 13.2 Å². The summed E-state index contributed by atoms with van der Waals surface area (Å²) in [4.78, 5) is 50.4. The molecule has 10 heteroatoms. The van der Waals surface area contributed by atoms with Crippen molar-refractivity contribution in [1.29, 1.82) is 0 Å². The van der Waals surface area contributed by atoms with Crippen LogP contribution in [0, 0.1) is 0 Å². The standard InChI is InChI=1S/C22H22N2O8/c25-19(26)10-9-18(21(29)32-23-11-20(27)28)24-22(30)31-12-17-15-7-3-1-5-13(15)14-6-2-4-8-16(14)17/h1-8,17-18,23H,9-12H2,(H,24,30)(H,25,26)(H,27,28)/t18-/m0/s1. The van der Waals surface area contributed by atoms with Crippen LogP contribution in [0.25, 0.3) is 11.1 Å². The lowest BCUT2D eigenvalue weighted by Gasteiger charge is -2.18. The third kappa shape index (κ3) is 5.61. The molecule has 168 valence electrons. The molecule has 0 aliphatic heterocycles. The second-order valence-corrected chi connectivity index (χ2v) is 7.09. The molecule has 1 atom stereocenters. The fraction of sp³-hybridized carbons (Fsp3) is 0.273. The summed E-state index contributed by atoms with van der Waals surface area (Å²) in [7, 11) is 0. The second kappa shape index (κ2) is 10.4. The van der Waals surface area contributed by atoms with Gasteiger partial charge in [0.05, 0.1) is 0 Å². The number of fused-ring (bicyclic) bond motifs is 3. The van der Waals surface area contributed by atoms with Crippen molar-refractivity contribution < 1.29 is 39.0 Å². The van der Waals surface area contributed by atoms with Crippen molar-refractivity contribution in [3.05, 3.63) is 59.7 Å². The van der Waals surface area contributed by atoms with Gasteiger partial charge in [-0.3, -0.25) is 9.59 Å². The lowest BCUT2D eigenvalue weighted by Crippen LogP contribution is -2.44. The third-order valence-electron chi connectivity index (χ3n) is 4.96. The van der Waals surface area contributed by atoms with Gasteiger partial charge in [0.2, 0.25) is 0 Å². The first-order chi connectivity index (χ1) is 15.4. The van der Waals surface area contributed by atoms with E-state index >= 15 is 0 Å². The summed E-state index contributed by atoms with van der Waals surface area (Å²) < 4.78 is 5.35. The largest absolute Gasteiger partial charge is 0.481 e. The molecule has 3 rings (SSSR count). The molecule has 1 aliphatic carbocycles. The smallest absolute Gasteiger partial charge is 0.407 e. The van der Waals surface area contributed by atoms with Crippen molar-refractivity contribution in [3.8, 4) is 11.1 Å². The Kier molecular flexibility index (Phi) is 7.40. The minimum absolute atomic E-state index is 0.0117. The highest BCUT2D eigenvalue weighted by atomic mass is 16.7. The van der Waals surface area contributed by atoms with E-state index in [4.69, 9.17) is 14.9 Å². The molecule has 2 aromatic rings. The second-order valence-electron chi connectivity index (χ2n) is 7.09. The lowest BCUT2D eigenvalue weighted by atomic mass is 9.98. The fourth-order valence-corrected chi connectivity index (χ4v) is 3.54. The number of aliphatic carboxylic acids is 2. The van der Waals surface area contributed by atoms with E-state index in [9.17, 15) is 19.2 Å². The molecule has 32 heavy (non-hydrogen) atoms. The number of hydrogen-bond acceptors (Lipinski definition) is 7. The predicted octanol–water partition coefficient (Wildman–Crippen LogP) is 1.89. The minimum atomic E-state index is -1.33. The van der Waals surface area contributed by atoms with E-state index in [1.54, 1.807) is 0 Å². The van der Waals surface area contributed by atoms with E-state index in [0.29, 0.717) is 0 Å². The highest BCUT2D eigenvalue weighted by Crippen LogP contribution is 2.44. The molecule has 0 spiro atoms. The van der Waals surface area contributed by atoms with Crippen LogP contribution >= 0.6 is 0 Å². The molecule has 0 fully saturated rings. The Morgan fingerprint density at radius 1 is 0.906 bits per heavy atom. The molecule has 4 N–H and O–H groups in total. The van der Waals surface area contributed by atoms with Gasteiger partial charge >= 0.3 is 24.0 Å².